The van der Waals surface area contributed by atoms with E-state index in [1.807, 2.05) is 24.3 Å². The summed E-state index contributed by atoms with van der Waals surface area (Å²) in [5.41, 5.74) is 5.78. The van der Waals surface area contributed by atoms with Crippen LogP contribution in [0.4, 0.5) is 5.82 Å². The van der Waals surface area contributed by atoms with Gasteiger partial charge in [-0.25, -0.2) is 4.63 Å². The third-order valence-corrected chi connectivity index (χ3v) is 3.09. The van der Waals surface area contributed by atoms with Crippen molar-refractivity contribution >= 4 is 28.4 Å². The van der Waals surface area contributed by atoms with Crippen molar-refractivity contribution in [3.63, 3.8) is 0 Å². The minimum Gasteiger partial charge on any atom is -0.484 e. The largest absolute Gasteiger partial charge is 0.484 e. The van der Waals surface area contributed by atoms with Gasteiger partial charge in [0.25, 0.3) is 5.89 Å². The van der Waals surface area contributed by atoms with E-state index in [-0.39, 0.29) is 23.9 Å². The molecule has 20 heavy (non-hydrogen) atoms. The Hall–Kier alpha value is -2.17. The number of rotatable bonds is 4. The molecule has 0 radical (unpaired) electrons. The molecule has 0 bridgehead atoms. The van der Waals surface area contributed by atoms with Gasteiger partial charge in [-0.3, -0.25) is 0 Å². The molecular weight excluding hydrogens is 377 g/mol. The molecule has 0 aliphatic carbocycles. The van der Waals surface area contributed by atoms with Crippen molar-refractivity contribution < 1.29 is 13.9 Å². The van der Waals surface area contributed by atoms with Crippen LogP contribution in [0.25, 0.3) is 11.5 Å². The average molecular weight is 385 g/mol. The number of nitrogens with two attached hydrogens (primary N) is 1. The molecular formula is C11H8IN5O3. The fraction of sp³-hybridized carbons (Fsp3) is 0.0909. The Labute approximate surface area is 126 Å². The van der Waals surface area contributed by atoms with Crippen molar-refractivity contribution in [1.29, 1.82) is 0 Å². The minimum absolute atomic E-state index is 0.107. The molecule has 102 valence electrons. The Balaban J connectivity index is 1.69. The molecule has 2 aromatic heterocycles. The minimum atomic E-state index is 0.107. The van der Waals surface area contributed by atoms with Crippen LogP contribution in [0.2, 0.25) is 0 Å². The van der Waals surface area contributed by atoms with Crippen LogP contribution >= 0.6 is 22.6 Å². The lowest BCUT2D eigenvalue weighted by Gasteiger charge is -2.02. The lowest BCUT2D eigenvalue weighted by Crippen LogP contribution is -1.96. The smallest absolute Gasteiger partial charge is 0.264 e. The molecule has 9 heteroatoms. The number of hydrogen-bond donors (Lipinski definition) is 1. The quantitative estimate of drug-likeness (QED) is 0.678. The maximum absolute atomic E-state index is 5.54. The number of anilines is 1. The van der Waals surface area contributed by atoms with Gasteiger partial charge in [-0.05, 0) is 57.2 Å². The molecule has 1 aromatic carbocycles. The molecule has 8 nitrogen and oxygen atoms in total. The summed E-state index contributed by atoms with van der Waals surface area (Å²) in [6.07, 6.45) is 0. The van der Waals surface area contributed by atoms with E-state index in [0.29, 0.717) is 11.6 Å². The molecule has 0 atom stereocenters. The van der Waals surface area contributed by atoms with Crippen LogP contribution in [-0.4, -0.2) is 20.5 Å². The number of halogens is 1. The number of aromatic nitrogens is 4. The second-order valence-electron chi connectivity index (χ2n) is 3.75. The molecule has 0 fully saturated rings. The number of ether oxygens (including phenoxy) is 1. The second kappa shape index (κ2) is 5.45. The highest BCUT2D eigenvalue weighted by Crippen LogP contribution is 2.19. The van der Waals surface area contributed by atoms with E-state index in [9.17, 15) is 0 Å². The molecule has 0 aliphatic rings. The first-order chi connectivity index (χ1) is 9.72. The Morgan fingerprint density at radius 1 is 1.15 bits per heavy atom. The van der Waals surface area contributed by atoms with Crippen LogP contribution in [0.1, 0.15) is 5.89 Å². The summed E-state index contributed by atoms with van der Waals surface area (Å²) in [6.45, 7) is 0.152. The summed E-state index contributed by atoms with van der Waals surface area (Å²) in [5, 5.41) is 10.8. The summed E-state index contributed by atoms with van der Waals surface area (Å²) < 4.78 is 16.2. The number of nitrogen functional groups attached to an aromatic ring is 1. The van der Waals surface area contributed by atoms with E-state index < -0.39 is 0 Å². The molecule has 2 heterocycles. The zero-order valence-corrected chi connectivity index (χ0v) is 12.1. The van der Waals surface area contributed by atoms with Crippen molar-refractivity contribution in [3.8, 4) is 17.3 Å². The summed E-state index contributed by atoms with van der Waals surface area (Å²) in [6, 6.07) is 7.60. The number of hydrogen-bond acceptors (Lipinski definition) is 8. The molecule has 0 unspecified atom stereocenters. The van der Waals surface area contributed by atoms with Crippen LogP contribution in [0, 0.1) is 3.57 Å². The van der Waals surface area contributed by atoms with Crippen molar-refractivity contribution in [2.75, 3.05) is 5.73 Å². The fourth-order valence-electron chi connectivity index (χ4n) is 1.44. The zero-order valence-electron chi connectivity index (χ0n) is 9.99. The second-order valence-corrected chi connectivity index (χ2v) is 5.00. The average Bonchev–Trinajstić information content (AvgIpc) is 3.06. The Bertz CT molecular complexity index is 709. The van der Waals surface area contributed by atoms with Gasteiger partial charge < -0.3 is 15.0 Å². The fourth-order valence-corrected chi connectivity index (χ4v) is 1.80. The van der Waals surface area contributed by atoms with Crippen molar-refractivity contribution in [2.24, 2.45) is 0 Å². The van der Waals surface area contributed by atoms with Crippen LogP contribution in [0.5, 0.6) is 5.75 Å². The first-order valence-electron chi connectivity index (χ1n) is 5.52. The van der Waals surface area contributed by atoms with Gasteiger partial charge in [-0.2, -0.15) is 4.98 Å². The van der Waals surface area contributed by atoms with E-state index in [1.54, 1.807) is 0 Å². The van der Waals surface area contributed by atoms with Crippen molar-refractivity contribution in [3.05, 3.63) is 33.7 Å². The maximum atomic E-state index is 5.54. The highest BCUT2D eigenvalue weighted by atomic mass is 127. The predicted octanol–water partition coefficient (Wildman–Crippen LogP) is 1.89. The van der Waals surface area contributed by atoms with Crippen LogP contribution in [0.15, 0.2) is 33.4 Å². The summed E-state index contributed by atoms with van der Waals surface area (Å²) in [5.74, 6) is 1.34. The SMILES string of the molecule is Nc1nonc1-c1noc(COc2ccc(I)cc2)n1. The van der Waals surface area contributed by atoms with Crippen molar-refractivity contribution in [2.45, 2.75) is 6.61 Å². The normalized spacial score (nSPS) is 10.7. The summed E-state index contributed by atoms with van der Waals surface area (Å²) in [4.78, 5) is 4.10. The van der Waals surface area contributed by atoms with Gasteiger partial charge in [-0.15, -0.1) is 0 Å². The Kier molecular flexibility index (Phi) is 3.50. The van der Waals surface area contributed by atoms with Gasteiger partial charge in [0.2, 0.25) is 5.82 Å². The van der Waals surface area contributed by atoms with Gasteiger partial charge >= 0.3 is 0 Å². The van der Waals surface area contributed by atoms with E-state index in [1.165, 1.54) is 0 Å². The van der Waals surface area contributed by atoms with Gasteiger partial charge in [-0.1, -0.05) is 5.16 Å². The van der Waals surface area contributed by atoms with Gasteiger partial charge in [0.15, 0.2) is 18.1 Å². The van der Waals surface area contributed by atoms with E-state index >= 15 is 0 Å². The standard InChI is InChI=1S/C11H8IN5O3/c12-6-1-3-7(4-2-6)18-5-8-14-11(17-19-8)9-10(13)16-20-15-9/h1-4H,5H2,(H2,13,16). The zero-order chi connectivity index (χ0) is 13.9. The molecule has 0 amide bonds. The lowest BCUT2D eigenvalue weighted by atomic mass is 10.3. The van der Waals surface area contributed by atoms with Crippen LogP contribution in [0.3, 0.4) is 0 Å². The topological polar surface area (TPSA) is 113 Å². The highest BCUT2D eigenvalue weighted by molar-refractivity contribution is 14.1. The third kappa shape index (κ3) is 2.71. The first-order valence-corrected chi connectivity index (χ1v) is 6.59. The van der Waals surface area contributed by atoms with Crippen LogP contribution in [-0.2, 0) is 6.61 Å². The van der Waals surface area contributed by atoms with E-state index in [2.05, 4.69) is 47.7 Å². The molecule has 3 aromatic rings. The van der Waals surface area contributed by atoms with Gasteiger partial charge in [0.1, 0.15) is 5.75 Å². The Morgan fingerprint density at radius 3 is 2.65 bits per heavy atom. The van der Waals surface area contributed by atoms with Gasteiger partial charge in [0.05, 0.1) is 0 Å². The molecule has 0 saturated heterocycles. The summed E-state index contributed by atoms with van der Waals surface area (Å²) in [7, 11) is 0. The van der Waals surface area contributed by atoms with Crippen molar-refractivity contribution in [1.82, 2.24) is 20.5 Å². The number of benzene rings is 1. The van der Waals surface area contributed by atoms with Gasteiger partial charge in [0, 0.05) is 3.57 Å². The predicted molar refractivity (Wildman–Crippen MR) is 75.5 cm³/mol. The maximum Gasteiger partial charge on any atom is 0.264 e. The van der Waals surface area contributed by atoms with E-state index in [4.69, 9.17) is 15.0 Å². The first kappa shape index (κ1) is 12.8. The summed E-state index contributed by atoms with van der Waals surface area (Å²) >= 11 is 2.22. The molecule has 0 saturated carbocycles. The molecule has 2 N–H and O–H groups in total. The molecule has 0 spiro atoms. The van der Waals surface area contributed by atoms with Crippen LogP contribution < -0.4 is 10.5 Å². The number of nitrogens with zero attached hydrogens (tertiary/aromatic N) is 4. The Morgan fingerprint density at radius 2 is 1.95 bits per heavy atom. The third-order valence-electron chi connectivity index (χ3n) is 2.37. The molecule has 0 aliphatic heterocycles. The van der Waals surface area contributed by atoms with E-state index in [0.717, 1.165) is 3.57 Å². The molecule has 3 rings (SSSR count). The highest BCUT2D eigenvalue weighted by Gasteiger charge is 2.16. The monoisotopic (exact) mass is 385 g/mol. The lowest BCUT2D eigenvalue weighted by molar-refractivity contribution is 0.243.